The Morgan fingerprint density at radius 2 is 1.07 bits per heavy atom. The minimum Gasteiger partial charge on any atom is -0.304 e. The van der Waals surface area contributed by atoms with Crippen LogP contribution >= 0.6 is 0 Å². The molecule has 3 rings (SSSR count). The fraction of sp³-hybridized carbons (Fsp3) is 0.190. The van der Waals surface area contributed by atoms with Crippen LogP contribution in [0.4, 0.5) is 26.3 Å². The summed E-state index contributed by atoms with van der Waals surface area (Å²) < 4.78 is 77.4. The largest absolute Gasteiger partial charge is 0.416 e. The fourth-order valence-corrected chi connectivity index (χ4v) is 3.30. The molecule has 7 heteroatoms. The van der Waals surface area contributed by atoms with Crippen molar-refractivity contribution in [2.45, 2.75) is 24.7 Å². The van der Waals surface area contributed by atoms with Crippen molar-refractivity contribution in [1.29, 1.82) is 5.41 Å². The molecule has 0 fully saturated rings. The molecule has 0 radical (unpaired) electrons. The van der Waals surface area contributed by atoms with E-state index < -0.39 is 28.9 Å². The van der Waals surface area contributed by atoms with E-state index in [0.29, 0.717) is 11.1 Å². The molecular formula is C21H15F6N. The molecule has 0 aliphatic heterocycles. The summed E-state index contributed by atoms with van der Waals surface area (Å²) in [6.07, 6.45) is -4.16. The molecule has 146 valence electrons. The molecule has 0 heterocycles. The van der Waals surface area contributed by atoms with Gasteiger partial charge in [-0.05, 0) is 48.4 Å². The number of allylic oxidation sites excluding steroid dienone is 4. The van der Waals surface area contributed by atoms with Gasteiger partial charge < -0.3 is 5.41 Å². The van der Waals surface area contributed by atoms with Crippen LogP contribution in [0.25, 0.3) is 0 Å². The molecule has 28 heavy (non-hydrogen) atoms. The van der Waals surface area contributed by atoms with Gasteiger partial charge in [0.15, 0.2) is 0 Å². The lowest BCUT2D eigenvalue weighted by molar-refractivity contribution is -0.138. The van der Waals surface area contributed by atoms with Gasteiger partial charge in [-0.2, -0.15) is 26.3 Å². The number of alkyl halides is 6. The van der Waals surface area contributed by atoms with Gasteiger partial charge in [-0.3, -0.25) is 0 Å². The number of halogens is 6. The predicted octanol–water partition coefficient (Wildman–Crippen LogP) is 6.55. The van der Waals surface area contributed by atoms with E-state index in [1.165, 1.54) is 30.3 Å². The van der Waals surface area contributed by atoms with Crippen LogP contribution in [0.3, 0.4) is 0 Å². The van der Waals surface area contributed by atoms with Crippen molar-refractivity contribution >= 4 is 5.71 Å². The molecule has 1 nitrogen and oxygen atoms in total. The van der Waals surface area contributed by atoms with E-state index in [0.717, 1.165) is 29.8 Å². The summed E-state index contributed by atoms with van der Waals surface area (Å²) in [7, 11) is 0. The van der Waals surface area contributed by atoms with Crippen molar-refractivity contribution in [3.63, 3.8) is 0 Å². The molecule has 2 aromatic rings. The topological polar surface area (TPSA) is 23.9 Å². The average Bonchev–Trinajstić information content (AvgIpc) is 2.62. The molecule has 0 bridgehead atoms. The third-order valence-corrected chi connectivity index (χ3v) is 4.72. The SMILES string of the molecule is CC1=CC(c2ccc(C(F)(F)F)cc2)(c2ccc(C(F)(F)F)cc2)C(=N)C=C1. The van der Waals surface area contributed by atoms with E-state index in [1.807, 2.05) is 0 Å². The monoisotopic (exact) mass is 395 g/mol. The summed E-state index contributed by atoms with van der Waals surface area (Å²) in [5.41, 5.74) is -1.40. The highest BCUT2D eigenvalue weighted by Gasteiger charge is 2.39. The highest BCUT2D eigenvalue weighted by atomic mass is 19.4. The van der Waals surface area contributed by atoms with Crippen molar-refractivity contribution in [3.8, 4) is 0 Å². The van der Waals surface area contributed by atoms with Gasteiger partial charge in [0.1, 0.15) is 0 Å². The first-order valence-corrected chi connectivity index (χ1v) is 8.26. The fourth-order valence-electron chi connectivity index (χ4n) is 3.30. The predicted molar refractivity (Wildman–Crippen MR) is 94.3 cm³/mol. The lowest BCUT2D eigenvalue weighted by Crippen LogP contribution is -2.35. The third-order valence-electron chi connectivity index (χ3n) is 4.72. The molecule has 1 aliphatic carbocycles. The van der Waals surface area contributed by atoms with Gasteiger partial charge in [0.25, 0.3) is 0 Å². The van der Waals surface area contributed by atoms with Crippen LogP contribution in [-0.4, -0.2) is 5.71 Å². The minimum atomic E-state index is -4.51. The molecule has 0 aromatic heterocycles. The number of nitrogens with one attached hydrogen (secondary N) is 1. The van der Waals surface area contributed by atoms with Crippen molar-refractivity contribution in [2.75, 3.05) is 0 Å². The van der Waals surface area contributed by atoms with Crippen LogP contribution in [0, 0.1) is 5.41 Å². The van der Waals surface area contributed by atoms with E-state index in [-0.39, 0.29) is 5.71 Å². The Kier molecular flexibility index (Phi) is 4.73. The van der Waals surface area contributed by atoms with Gasteiger partial charge in [-0.1, -0.05) is 42.0 Å². The highest BCUT2D eigenvalue weighted by Crippen LogP contribution is 2.41. The average molecular weight is 395 g/mol. The number of hydrogen-bond donors (Lipinski definition) is 1. The van der Waals surface area contributed by atoms with Crippen molar-refractivity contribution in [2.24, 2.45) is 0 Å². The van der Waals surface area contributed by atoms with Crippen LogP contribution in [-0.2, 0) is 17.8 Å². The van der Waals surface area contributed by atoms with Crippen LogP contribution in [0.2, 0.25) is 0 Å². The van der Waals surface area contributed by atoms with Gasteiger partial charge in [-0.25, -0.2) is 0 Å². The summed E-state index contributed by atoms with van der Waals surface area (Å²) in [5.74, 6) is 0. The lowest BCUT2D eigenvalue weighted by Gasteiger charge is -2.34. The zero-order valence-corrected chi connectivity index (χ0v) is 14.6. The first-order chi connectivity index (χ1) is 12.9. The summed E-state index contributed by atoms with van der Waals surface area (Å²) in [4.78, 5) is 0. The highest BCUT2D eigenvalue weighted by molar-refractivity contribution is 6.07. The van der Waals surface area contributed by atoms with E-state index in [2.05, 4.69) is 0 Å². The van der Waals surface area contributed by atoms with Crippen LogP contribution < -0.4 is 0 Å². The van der Waals surface area contributed by atoms with Crippen LogP contribution in [0.15, 0.2) is 72.3 Å². The van der Waals surface area contributed by atoms with Gasteiger partial charge in [0.2, 0.25) is 0 Å². The maximum atomic E-state index is 12.9. The van der Waals surface area contributed by atoms with Gasteiger partial charge in [-0.15, -0.1) is 0 Å². The van der Waals surface area contributed by atoms with Gasteiger partial charge in [0.05, 0.1) is 22.3 Å². The first kappa shape index (κ1) is 19.9. The zero-order chi connectivity index (χ0) is 20.7. The molecule has 0 saturated heterocycles. The lowest BCUT2D eigenvalue weighted by atomic mass is 9.68. The molecule has 0 amide bonds. The Morgan fingerprint density at radius 3 is 1.43 bits per heavy atom. The smallest absolute Gasteiger partial charge is 0.304 e. The second-order valence-electron chi connectivity index (χ2n) is 6.59. The second-order valence-corrected chi connectivity index (χ2v) is 6.59. The zero-order valence-electron chi connectivity index (χ0n) is 14.6. The Balaban J connectivity index is 2.18. The normalized spacial score (nSPS) is 16.8. The summed E-state index contributed by atoms with van der Waals surface area (Å²) >= 11 is 0. The number of benzene rings is 2. The standard InChI is InChI=1S/C21H15F6N/c1-13-2-11-18(28)19(12-13,14-3-7-16(8-4-14)20(22,23)24)15-5-9-17(10-6-15)21(25,26)27/h2-12,28H,1H3. The first-order valence-electron chi connectivity index (χ1n) is 8.26. The molecule has 0 spiro atoms. The quantitative estimate of drug-likeness (QED) is 0.558. The maximum Gasteiger partial charge on any atom is 0.416 e. The Morgan fingerprint density at radius 1 is 0.679 bits per heavy atom. The van der Waals surface area contributed by atoms with Crippen LogP contribution in [0.1, 0.15) is 29.2 Å². The van der Waals surface area contributed by atoms with E-state index in [1.54, 1.807) is 19.1 Å². The Bertz CT molecular complexity index is 887. The molecule has 0 unspecified atom stereocenters. The van der Waals surface area contributed by atoms with Crippen molar-refractivity contribution < 1.29 is 26.3 Å². The molecular weight excluding hydrogens is 380 g/mol. The molecule has 1 N–H and O–H groups in total. The third kappa shape index (κ3) is 3.48. The molecule has 0 atom stereocenters. The molecule has 1 aliphatic rings. The summed E-state index contributed by atoms with van der Waals surface area (Å²) in [6.45, 7) is 1.76. The maximum absolute atomic E-state index is 12.9. The Labute approximate surface area is 157 Å². The van der Waals surface area contributed by atoms with Crippen molar-refractivity contribution in [1.82, 2.24) is 0 Å². The Hall–Kier alpha value is -2.83. The minimum absolute atomic E-state index is 0.0533. The molecule has 2 aromatic carbocycles. The van der Waals surface area contributed by atoms with Gasteiger partial charge >= 0.3 is 12.4 Å². The van der Waals surface area contributed by atoms with E-state index in [4.69, 9.17) is 5.41 Å². The van der Waals surface area contributed by atoms with Crippen molar-refractivity contribution in [3.05, 3.63) is 94.6 Å². The summed E-state index contributed by atoms with van der Waals surface area (Å²) in [6, 6.07) is 8.70. The van der Waals surface area contributed by atoms with Gasteiger partial charge in [0, 0.05) is 0 Å². The number of rotatable bonds is 2. The van der Waals surface area contributed by atoms with Crippen LogP contribution in [0.5, 0.6) is 0 Å². The van der Waals surface area contributed by atoms with E-state index in [9.17, 15) is 26.3 Å². The number of hydrogen-bond acceptors (Lipinski definition) is 1. The second kappa shape index (κ2) is 6.65. The molecule has 0 saturated carbocycles. The van der Waals surface area contributed by atoms with E-state index >= 15 is 0 Å². The summed E-state index contributed by atoms with van der Waals surface area (Å²) in [5, 5.41) is 8.44.